The van der Waals surface area contributed by atoms with Crippen molar-refractivity contribution in [1.29, 1.82) is 0 Å². The summed E-state index contributed by atoms with van der Waals surface area (Å²) >= 11 is 0. The van der Waals surface area contributed by atoms with Crippen LogP contribution >= 0.6 is 0 Å². The summed E-state index contributed by atoms with van der Waals surface area (Å²) in [6.07, 6.45) is -1.49. The van der Waals surface area contributed by atoms with Crippen LogP contribution in [0.2, 0.25) is 0 Å². The van der Waals surface area contributed by atoms with Crippen molar-refractivity contribution in [1.82, 2.24) is 0 Å². The van der Waals surface area contributed by atoms with Crippen molar-refractivity contribution in [3.05, 3.63) is 0 Å². The van der Waals surface area contributed by atoms with Gasteiger partial charge in [0.15, 0.2) is 0 Å². The van der Waals surface area contributed by atoms with Gasteiger partial charge in [0.05, 0.1) is 5.25 Å². The van der Waals surface area contributed by atoms with E-state index in [2.05, 4.69) is 0 Å². The van der Waals surface area contributed by atoms with Crippen LogP contribution in [0.3, 0.4) is 0 Å². The number of halogens is 2. The van der Waals surface area contributed by atoms with Crippen LogP contribution in [0.5, 0.6) is 0 Å². The van der Waals surface area contributed by atoms with E-state index >= 15 is 0 Å². The third kappa shape index (κ3) is 3.33. The quantitative estimate of drug-likeness (QED) is 0.492. The average Bonchev–Trinajstić information content (AvgIpc) is 1.56. The average molecular weight is 212 g/mol. The summed E-state index contributed by atoms with van der Waals surface area (Å²) in [5.41, 5.74) is 0. The Balaban J connectivity index is 0.000001000. The number of hydrogen-bond acceptors (Lipinski definition) is 2. The summed E-state index contributed by atoms with van der Waals surface area (Å²) in [6, 6.07) is 0. The second-order valence-corrected chi connectivity index (χ2v) is 4.10. The van der Waals surface area contributed by atoms with Gasteiger partial charge in [0.2, 0.25) is 0 Å². The molecule has 0 aliphatic heterocycles. The molecule has 0 aromatic heterocycles. The second-order valence-electron chi connectivity index (χ2n) is 2.40. The van der Waals surface area contributed by atoms with Gasteiger partial charge in [0.25, 0.3) is 16.0 Å². The van der Waals surface area contributed by atoms with Gasteiger partial charge in [0, 0.05) is 12.8 Å². The fraction of sp³-hybridized carbons (Fsp3) is 1.00. The molecule has 1 rings (SSSR count). The zero-order valence-electron chi connectivity index (χ0n) is 4.92. The van der Waals surface area contributed by atoms with Crippen LogP contribution in [-0.4, -0.2) is 75.5 Å². The Morgan fingerprint density at radius 3 is 1.82 bits per heavy atom. The Bertz CT molecular complexity index is 230. The molecular weight excluding hydrogens is 205 g/mol. The second kappa shape index (κ2) is 3.65. The van der Waals surface area contributed by atoms with Crippen LogP contribution in [0.4, 0.5) is 8.78 Å². The van der Waals surface area contributed by atoms with Crippen molar-refractivity contribution in [2.45, 2.75) is 24.0 Å². The molecule has 1 aliphatic carbocycles. The molecule has 0 aromatic rings. The van der Waals surface area contributed by atoms with E-state index in [1.54, 1.807) is 0 Å². The van der Waals surface area contributed by atoms with E-state index in [0.717, 1.165) is 0 Å². The third-order valence-corrected chi connectivity index (χ3v) is 2.65. The van der Waals surface area contributed by atoms with Crippen LogP contribution < -0.4 is 0 Å². The zero-order valence-corrected chi connectivity index (χ0v) is 5.74. The van der Waals surface area contributed by atoms with Gasteiger partial charge in [-0.1, -0.05) is 0 Å². The van der Waals surface area contributed by atoms with Crippen LogP contribution in [0.15, 0.2) is 0 Å². The first-order valence-electron chi connectivity index (χ1n) is 2.65. The van der Waals surface area contributed by atoms with Gasteiger partial charge >= 0.3 is 51.4 Å². The molecule has 7 heteroatoms. The SMILES string of the molecule is O=S(=O)(O)C1CC(F)(F)C1.[KH]. The zero-order chi connectivity index (χ0) is 7.99. The van der Waals surface area contributed by atoms with Gasteiger partial charge in [0.1, 0.15) is 0 Å². The molecule has 0 amide bonds. The maximum absolute atomic E-state index is 11.9. The number of alkyl halides is 2. The molecule has 1 N–H and O–H groups in total. The van der Waals surface area contributed by atoms with Crippen molar-refractivity contribution < 1.29 is 21.8 Å². The van der Waals surface area contributed by atoms with Gasteiger partial charge in [-0.3, -0.25) is 4.55 Å². The molecule has 0 unspecified atom stereocenters. The Hall–Kier alpha value is 1.41. The van der Waals surface area contributed by atoms with Gasteiger partial charge in [-0.2, -0.15) is 8.42 Å². The first-order valence-corrected chi connectivity index (χ1v) is 4.16. The molecule has 0 bridgehead atoms. The number of rotatable bonds is 1. The summed E-state index contributed by atoms with van der Waals surface area (Å²) in [5.74, 6) is -2.89. The molecule has 0 atom stereocenters. The Kier molecular flexibility index (Phi) is 4.11. The molecule has 0 heterocycles. The minimum absolute atomic E-state index is 0. The summed E-state index contributed by atoms with van der Waals surface area (Å²) in [5, 5.41) is -1.25. The van der Waals surface area contributed by atoms with E-state index in [9.17, 15) is 17.2 Å². The molecule has 1 aliphatic rings. The first-order chi connectivity index (χ1) is 4.31. The predicted octanol–water partition coefficient (Wildman–Crippen LogP) is 0.0234. The first kappa shape index (κ1) is 12.4. The molecule has 1 saturated carbocycles. The molecular formula is C4H7F2KO3S. The van der Waals surface area contributed by atoms with Crippen LogP contribution in [0, 0.1) is 0 Å². The van der Waals surface area contributed by atoms with Crippen molar-refractivity contribution in [2.24, 2.45) is 0 Å². The van der Waals surface area contributed by atoms with Crippen molar-refractivity contribution in [3.63, 3.8) is 0 Å². The van der Waals surface area contributed by atoms with Gasteiger partial charge in [-0.25, -0.2) is 8.78 Å². The molecule has 0 radical (unpaired) electrons. The van der Waals surface area contributed by atoms with E-state index in [0.29, 0.717) is 0 Å². The molecule has 11 heavy (non-hydrogen) atoms. The van der Waals surface area contributed by atoms with E-state index < -0.39 is 34.1 Å². The van der Waals surface area contributed by atoms with E-state index in [4.69, 9.17) is 4.55 Å². The topological polar surface area (TPSA) is 54.4 Å². The van der Waals surface area contributed by atoms with E-state index in [1.807, 2.05) is 0 Å². The molecule has 1 fully saturated rings. The molecule has 0 saturated heterocycles. The van der Waals surface area contributed by atoms with Crippen LogP contribution in [0.1, 0.15) is 12.8 Å². The summed E-state index contributed by atoms with van der Waals surface area (Å²) < 4.78 is 52.3. The Morgan fingerprint density at radius 1 is 1.36 bits per heavy atom. The van der Waals surface area contributed by atoms with Gasteiger partial charge in [-0.05, 0) is 0 Å². The molecule has 62 valence electrons. The van der Waals surface area contributed by atoms with E-state index in [1.165, 1.54) is 0 Å². The normalized spacial score (nSPS) is 23.5. The van der Waals surface area contributed by atoms with Crippen molar-refractivity contribution in [2.75, 3.05) is 0 Å². The summed E-state index contributed by atoms with van der Waals surface area (Å²) in [4.78, 5) is 0. The van der Waals surface area contributed by atoms with Crippen molar-refractivity contribution in [3.8, 4) is 0 Å². The number of hydrogen-bond donors (Lipinski definition) is 1. The third-order valence-electron chi connectivity index (χ3n) is 1.47. The van der Waals surface area contributed by atoms with Crippen LogP contribution in [0.25, 0.3) is 0 Å². The molecule has 3 nitrogen and oxygen atoms in total. The molecule has 0 aromatic carbocycles. The fourth-order valence-electron chi connectivity index (χ4n) is 0.817. The Morgan fingerprint density at radius 2 is 1.73 bits per heavy atom. The van der Waals surface area contributed by atoms with Gasteiger partial charge < -0.3 is 0 Å². The fourth-order valence-corrected chi connectivity index (χ4v) is 1.73. The predicted molar refractivity (Wildman–Crippen MR) is 36.7 cm³/mol. The van der Waals surface area contributed by atoms with Crippen LogP contribution in [-0.2, 0) is 10.1 Å². The molecule has 0 spiro atoms. The summed E-state index contributed by atoms with van der Waals surface area (Å²) in [6.45, 7) is 0. The monoisotopic (exact) mass is 212 g/mol. The standard InChI is InChI=1S/C4H6F2O3S.K.H/c5-4(6)1-3(2-4)10(7,8)9;;/h3H,1-2H2,(H,7,8,9);;. The Labute approximate surface area is 106 Å². The maximum atomic E-state index is 11.9. The van der Waals surface area contributed by atoms with E-state index in [-0.39, 0.29) is 51.4 Å². The van der Waals surface area contributed by atoms with Crippen molar-refractivity contribution >= 4 is 61.5 Å². The van der Waals surface area contributed by atoms with Gasteiger partial charge in [-0.15, -0.1) is 0 Å². The summed E-state index contributed by atoms with van der Waals surface area (Å²) in [7, 11) is -4.22. The minimum atomic E-state index is -4.22.